The average molecular weight is 395 g/mol. The van der Waals surface area contributed by atoms with Crippen LogP contribution in [0.4, 0.5) is 0 Å². The summed E-state index contributed by atoms with van der Waals surface area (Å²) in [6, 6.07) is 0. The van der Waals surface area contributed by atoms with Gasteiger partial charge in [-0.1, -0.05) is 6.92 Å². The molecule has 0 aliphatic heterocycles. The third kappa shape index (κ3) is 6.27. The Bertz CT molecular complexity index is 479. The van der Waals surface area contributed by atoms with E-state index in [1.165, 1.54) is 0 Å². The lowest BCUT2D eigenvalue weighted by molar-refractivity contribution is -0.133. The highest BCUT2D eigenvalue weighted by molar-refractivity contribution is 5.83. The van der Waals surface area contributed by atoms with E-state index < -0.39 is 0 Å². The Balaban J connectivity index is 1.36. The Kier molecular flexibility index (Phi) is 7.97. The maximum atomic E-state index is 13.0. The molecule has 4 nitrogen and oxygen atoms in total. The minimum absolute atomic E-state index is 0.0453. The molecule has 0 aromatic carbocycles. The monoisotopic (exact) mass is 394 g/mol. The number of aliphatic hydroxyl groups is 1. The van der Waals surface area contributed by atoms with E-state index in [1.54, 1.807) is 0 Å². The molecule has 0 unspecified atom stereocenters. The van der Waals surface area contributed by atoms with Crippen molar-refractivity contribution in [3.8, 4) is 0 Å². The van der Waals surface area contributed by atoms with Crippen molar-refractivity contribution >= 4 is 5.78 Å². The van der Waals surface area contributed by atoms with Gasteiger partial charge in [-0.25, -0.2) is 0 Å². The molecule has 3 rings (SSSR count). The lowest BCUT2D eigenvalue weighted by atomic mass is 9.75. The number of carbonyl (C=O) groups excluding carboxylic acids is 1. The highest BCUT2D eigenvalue weighted by Crippen LogP contribution is 2.36. The molecule has 1 N–H and O–H groups in total. The molecule has 3 aliphatic carbocycles. The molecule has 0 heterocycles. The number of ketones is 1. The molecular formula is C24H42O4. The van der Waals surface area contributed by atoms with Crippen LogP contribution in [0.15, 0.2) is 0 Å². The first-order valence-corrected chi connectivity index (χ1v) is 11.9. The standard InChI is InChI=1S/C24H42O4/c1-4-24(2,3)28-22-13-7-18(8-14-22)23(26)17-5-11-20(12-6-17)27-21-15-9-19(25)10-16-21/h17-22,25H,4-16H2,1-3H3. The molecular weight excluding hydrogens is 352 g/mol. The lowest BCUT2D eigenvalue weighted by Crippen LogP contribution is -2.37. The van der Waals surface area contributed by atoms with Crippen molar-refractivity contribution < 1.29 is 19.4 Å². The Hall–Kier alpha value is -0.450. The molecule has 0 saturated heterocycles. The molecule has 0 aromatic rings. The minimum atomic E-state index is -0.123. The van der Waals surface area contributed by atoms with Crippen LogP contribution in [0.5, 0.6) is 0 Å². The summed E-state index contributed by atoms with van der Waals surface area (Å²) in [5, 5.41) is 9.64. The van der Waals surface area contributed by atoms with Crippen LogP contribution in [0.1, 0.15) is 104 Å². The molecule has 0 aromatic heterocycles. The SMILES string of the molecule is CCC(C)(C)OC1CCC(C(=O)C2CCC(OC3CCC(O)CC3)CC2)CC1. The number of Topliss-reactive ketones (excluding diaryl/α,β-unsaturated/α-hetero) is 1. The van der Waals surface area contributed by atoms with Gasteiger partial charge in [-0.3, -0.25) is 4.79 Å². The van der Waals surface area contributed by atoms with Crippen LogP contribution in [0.3, 0.4) is 0 Å². The van der Waals surface area contributed by atoms with Crippen LogP contribution in [0.25, 0.3) is 0 Å². The predicted molar refractivity (Wildman–Crippen MR) is 111 cm³/mol. The molecule has 28 heavy (non-hydrogen) atoms. The van der Waals surface area contributed by atoms with Gasteiger partial charge in [-0.05, 0) is 97.3 Å². The Morgan fingerprint density at radius 1 is 0.786 bits per heavy atom. The minimum Gasteiger partial charge on any atom is -0.393 e. The van der Waals surface area contributed by atoms with E-state index >= 15 is 0 Å². The van der Waals surface area contributed by atoms with E-state index in [1.807, 2.05) is 0 Å². The molecule has 0 bridgehead atoms. The first kappa shape index (κ1) is 22.2. The Morgan fingerprint density at radius 3 is 1.68 bits per heavy atom. The first-order chi connectivity index (χ1) is 13.4. The van der Waals surface area contributed by atoms with Gasteiger partial charge in [0.05, 0.1) is 30.0 Å². The predicted octanol–water partition coefficient (Wildman–Crippen LogP) is 5.20. The summed E-state index contributed by atoms with van der Waals surface area (Å²) in [6.45, 7) is 6.51. The zero-order chi connectivity index (χ0) is 20.1. The van der Waals surface area contributed by atoms with Crippen molar-refractivity contribution in [3.05, 3.63) is 0 Å². The van der Waals surface area contributed by atoms with Gasteiger partial charge in [-0.2, -0.15) is 0 Å². The number of rotatable bonds is 7. The van der Waals surface area contributed by atoms with E-state index in [-0.39, 0.29) is 23.5 Å². The van der Waals surface area contributed by atoms with Crippen LogP contribution in [-0.4, -0.2) is 40.9 Å². The number of hydrogen-bond acceptors (Lipinski definition) is 4. The lowest BCUT2D eigenvalue weighted by Gasteiger charge is -2.37. The third-order valence-electron chi connectivity index (χ3n) is 7.52. The zero-order valence-electron chi connectivity index (χ0n) is 18.3. The van der Waals surface area contributed by atoms with Gasteiger partial charge in [0.1, 0.15) is 5.78 Å². The van der Waals surface area contributed by atoms with E-state index in [0.29, 0.717) is 24.1 Å². The van der Waals surface area contributed by atoms with Gasteiger partial charge in [0, 0.05) is 11.8 Å². The number of aliphatic hydroxyl groups excluding tert-OH is 1. The summed E-state index contributed by atoms with van der Waals surface area (Å²) >= 11 is 0. The quantitative estimate of drug-likeness (QED) is 0.645. The normalized spacial score (nSPS) is 37.6. The van der Waals surface area contributed by atoms with Gasteiger partial charge < -0.3 is 14.6 Å². The van der Waals surface area contributed by atoms with E-state index in [4.69, 9.17) is 9.47 Å². The third-order valence-corrected chi connectivity index (χ3v) is 7.52. The highest BCUT2D eigenvalue weighted by Gasteiger charge is 2.35. The second kappa shape index (κ2) is 10.0. The van der Waals surface area contributed by atoms with Crippen LogP contribution >= 0.6 is 0 Å². The van der Waals surface area contributed by atoms with Crippen molar-refractivity contribution in [1.82, 2.24) is 0 Å². The van der Waals surface area contributed by atoms with Gasteiger partial charge in [0.25, 0.3) is 0 Å². The largest absolute Gasteiger partial charge is 0.393 e. The smallest absolute Gasteiger partial charge is 0.139 e. The molecule has 4 heteroatoms. The fraction of sp³-hybridized carbons (Fsp3) is 0.958. The van der Waals surface area contributed by atoms with Gasteiger partial charge in [0.2, 0.25) is 0 Å². The van der Waals surface area contributed by atoms with Crippen molar-refractivity contribution in [2.45, 2.75) is 134 Å². The summed E-state index contributed by atoms with van der Waals surface area (Å²) < 4.78 is 12.5. The fourth-order valence-electron chi connectivity index (χ4n) is 5.27. The molecule has 3 saturated carbocycles. The van der Waals surface area contributed by atoms with Crippen molar-refractivity contribution in [2.24, 2.45) is 11.8 Å². The maximum absolute atomic E-state index is 13.0. The molecule has 3 fully saturated rings. The number of ether oxygens (including phenoxy) is 2. The summed E-state index contributed by atoms with van der Waals surface area (Å²) in [6.07, 6.45) is 13.7. The fourth-order valence-corrected chi connectivity index (χ4v) is 5.27. The van der Waals surface area contributed by atoms with E-state index in [0.717, 1.165) is 83.5 Å². The Morgan fingerprint density at radius 2 is 1.21 bits per heavy atom. The molecule has 0 spiro atoms. The zero-order valence-corrected chi connectivity index (χ0v) is 18.3. The van der Waals surface area contributed by atoms with Crippen LogP contribution in [0, 0.1) is 11.8 Å². The number of hydrogen-bond donors (Lipinski definition) is 1. The Labute approximate surface area is 171 Å². The van der Waals surface area contributed by atoms with Crippen LogP contribution in [-0.2, 0) is 14.3 Å². The molecule has 0 amide bonds. The van der Waals surface area contributed by atoms with Gasteiger partial charge in [-0.15, -0.1) is 0 Å². The highest BCUT2D eigenvalue weighted by atomic mass is 16.5. The van der Waals surface area contributed by atoms with Crippen LogP contribution < -0.4 is 0 Å². The van der Waals surface area contributed by atoms with Crippen molar-refractivity contribution in [3.63, 3.8) is 0 Å². The molecule has 3 aliphatic rings. The second-order valence-corrected chi connectivity index (χ2v) is 10.1. The number of carbonyl (C=O) groups is 1. The maximum Gasteiger partial charge on any atom is 0.139 e. The summed E-state index contributed by atoms with van der Waals surface area (Å²) in [4.78, 5) is 13.0. The van der Waals surface area contributed by atoms with Crippen LogP contribution in [0.2, 0.25) is 0 Å². The molecule has 162 valence electrons. The van der Waals surface area contributed by atoms with E-state index in [2.05, 4.69) is 20.8 Å². The van der Waals surface area contributed by atoms with E-state index in [9.17, 15) is 9.90 Å². The first-order valence-electron chi connectivity index (χ1n) is 11.9. The van der Waals surface area contributed by atoms with Crippen molar-refractivity contribution in [2.75, 3.05) is 0 Å². The summed E-state index contributed by atoms with van der Waals surface area (Å²) in [5.74, 6) is 1.03. The summed E-state index contributed by atoms with van der Waals surface area (Å²) in [5.41, 5.74) is -0.0453. The molecule has 0 radical (unpaired) electrons. The van der Waals surface area contributed by atoms with Gasteiger partial charge in [0.15, 0.2) is 0 Å². The van der Waals surface area contributed by atoms with Gasteiger partial charge >= 0.3 is 0 Å². The average Bonchev–Trinajstić information content (AvgIpc) is 2.70. The van der Waals surface area contributed by atoms with Crippen molar-refractivity contribution in [1.29, 1.82) is 0 Å². The second-order valence-electron chi connectivity index (χ2n) is 10.1. The topological polar surface area (TPSA) is 55.8 Å². The summed E-state index contributed by atoms with van der Waals surface area (Å²) in [7, 11) is 0. The molecule has 0 atom stereocenters.